The number of para-hydroxylation sites is 1. The highest BCUT2D eigenvalue weighted by Gasteiger charge is 2.13. The fraction of sp³-hybridized carbons (Fsp3) is 0.154. The summed E-state index contributed by atoms with van der Waals surface area (Å²) in [6.45, 7) is 2.28. The van der Waals surface area contributed by atoms with Gasteiger partial charge in [0.05, 0.1) is 22.3 Å². The smallest absolute Gasteiger partial charge is 0.274 e. The van der Waals surface area contributed by atoms with Crippen LogP contribution in [0.1, 0.15) is 17.4 Å². The zero-order chi connectivity index (χ0) is 14.5. The molecule has 0 fully saturated rings. The first-order valence-corrected chi connectivity index (χ1v) is 6.57. The number of carbonyl (C=O) groups is 1. The summed E-state index contributed by atoms with van der Waals surface area (Å²) < 4.78 is 5.21. The van der Waals surface area contributed by atoms with Crippen LogP contribution in [0.5, 0.6) is 5.88 Å². The molecular weight excluding hydrogens is 301 g/mol. The Kier molecular flexibility index (Phi) is 4.76. The second-order valence-corrected chi connectivity index (χ2v) is 4.54. The first-order chi connectivity index (χ1) is 9.61. The number of halogens is 2. The van der Waals surface area contributed by atoms with Crippen molar-refractivity contribution in [3.8, 4) is 5.88 Å². The standard InChI is InChI=1S/C13H11Cl2N3O2/c1-2-20-11-6-10(16-7-17-11)13(19)18-12-8(14)4-3-5-9(12)15/h3-7H,2H2,1H3,(H,18,19). The van der Waals surface area contributed by atoms with Crippen molar-refractivity contribution in [3.05, 3.63) is 46.3 Å². The molecule has 0 saturated carbocycles. The molecule has 0 saturated heterocycles. The van der Waals surface area contributed by atoms with Crippen LogP contribution in [0.25, 0.3) is 0 Å². The van der Waals surface area contributed by atoms with E-state index in [9.17, 15) is 4.79 Å². The third kappa shape index (κ3) is 3.37. The Morgan fingerprint density at radius 3 is 2.65 bits per heavy atom. The van der Waals surface area contributed by atoms with Gasteiger partial charge in [-0.05, 0) is 19.1 Å². The molecule has 1 aromatic carbocycles. The second kappa shape index (κ2) is 6.54. The van der Waals surface area contributed by atoms with Gasteiger partial charge in [-0.25, -0.2) is 9.97 Å². The van der Waals surface area contributed by atoms with E-state index in [-0.39, 0.29) is 5.69 Å². The maximum atomic E-state index is 12.1. The zero-order valence-corrected chi connectivity index (χ0v) is 12.1. The van der Waals surface area contributed by atoms with Crippen molar-refractivity contribution in [1.29, 1.82) is 0 Å². The molecule has 0 spiro atoms. The lowest BCUT2D eigenvalue weighted by Crippen LogP contribution is -2.14. The van der Waals surface area contributed by atoms with Crippen molar-refractivity contribution in [1.82, 2.24) is 9.97 Å². The van der Waals surface area contributed by atoms with E-state index in [0.717, 1.165) is 0 Å². The summed E-state index contributed by atoms with van der Waals surface area (Å²) in [5.74, 6) is -0.110. The monoisotopic (exact) mass is 311 g/mol. The molecule has 0 aliphatic rings. The number of nitrogens with zero attached hydrogens (tertiary/aromatic N) is 2. The van der Waals surface area contributed by atoms with Gasteiger partial charge in [-0.1, -0.05) is 29.3 Å². The number of ether oxygens (including phenoxy) is 1. The zero-order valence-electron chi connectivity index (χ0n) is 10.6. The van der Waals surface area contributed by atoms with E-state index >= 15 is 0 Å². The molecule has 104 valence electrons. The summed E-state index contributed by atoms with van der Waals surface area (Å²) in [6, 6.07) is 6.41. The lowest BCUT2D eigenvalue weighted by Gasteiger charge is -2.09. The van der Waals surface area contributed by atoms with Gasteiger partial charge in [0.25, 0.3) is 5.91 Å². The van der Waals surface area contributed by atoms with Gasteiger partial charge in [-0.2, -0.15) is 0 Å². The average Bonchev–Trinajstić information content (AvgIpc) is 2.43. The van der Waals surface area contributed by atoms with Crippen LogP contribution in [-0.4, -0.2) is 22.5 Å². The van der Waals surface area contributed by atoms with Crippen LogP contribution in [0.4, 0.5) is 5.69 Å². The molecule has 2 aromatic rings. The number of hydrogen-bond acceptors (Lipinski definition) is 4. The molecule has 0 atom stereocenters. The molecule has 2 rings (SSSR count). The molecule has 0 bridgehead atoms. The van der Waals surface area contributed by atoms with Crippen LogP contribution in [0.15, 0.2) is 30.6 Å². The van der Waals surface area contributed by atoms with Crippen LogP contribution in [-0.2, 0) is 0 Å². The summed E-state index contributed by atoms with van der Waals surface area (Å²) in [6.07, 6.45) is 1.26. The molecule has 7 heteroatoms. The largest absolute Gasteiger partial charge is 0.478 e. The molecule has 0 unspecified atom stereocenters. The maximum Gasteiger partial charge on any atom is 0.274 e. The molecule has 0 aliphatic carbocycles. The SMILES string of the molecule is CCOc1cc(C(=O)Nc2c(Cl)cccc2Cl)ncn1. The number of benzene rings is 1. The van der Waals surface area contributed by atoms with E-state index in [4.69, 9.17) is 27.9 Å². The first-order valence-electron chi connectivity index (χ1n) is 5.82. The molecular formula is C13H11Cl2N3O2. The van der Waals surface area contributed by atoms with Crippen LogP contribution in [0.3, 0.4) is 0 Å². The van der Waals surface area contributed by atoms with Gasteiger partial charge < -0.3 is 10.1 Å². The average molecular weight is 312 g/mol. The summed E-state index contributed by atoms with van der Waals surface area (Å²) in [4.78, 5) is 19.9. The van der Waals surface area contributed by atoms with Gasteiger partial charge in [-0.15, -0.1) is 0 Å². The lowest BCUT2D eigenvalue weighted by molar-refractivity contribution is 0.102. The van der Waals surface area contributed by atoms with Crippen molar-refractivity contribution >= 4 is 34.8 Å². The highest BCUT2D eigenvalue weighted by Crippen LogP contribution is 2.30. The topological polar surface area (TPSA) is 64.1 Å². The second-order valence-electron chi connectivity index (χ2n) is 3.73. The highest BCUT2D eigenvalue weighted by molar-refractivity contribution is 6.39. The van der Waals surface area contributed by atoms with Gasteiger partial charge in [0, 0.05) is 6.07 Å². The first kappa shape index (κ1) is 14.6. The number of carbonyl (C=O) groups excluding carboxylic acids is 1. The molecule has 1 aromatic heterocycles. The van der Waals surface area contributed by atoms with E-state index in [0.29, 0.717) is 28.2 Å². The maximum absolute atomic E-state index is 12.1. The Bertz CT molecular complexity index is 615. The fourth-order valence-corrected chi connectivity index (χ4v) is 1.98. The number of aromatic nitrogens is 2. The van der Waals surface area contributed by atoms with E-state index in [1.165, 1.54) is 12.4 Å². The Hall–Kier alpha value is -1.85. The molecule has 0 aliphatic heterocycles. The van der Waals surface area contributed by atoms with Gasteiger partial charge in [-0.3, -0.25) is 4.79 Å². The third-order valence-corrected chi connectivity index (χ3v) is 3.00. The van der Waals surface area contributed by atoms with E-state index in [2.05, 4.69) is 15.3 Å². The Balaban J connectivity index is 2.22. The number of amides is 1. The van der Waals surface area contributed by atoms with E-state index in [1.807, 2.05) is 6.92 Å². The summed E-state index contributed by atoms with van der Waals surface area (Å²) in [7, 11) is 0. The number of anilines is 1. The van der Waals surface area contributed by atoms with E-state index in [1.54, 1.807) is 18.2 Å². The van der Waals surface area contributed by atoms with Crippen LogP contribution in [0.2, 0.25) is 10.0 Å². The van der Waals surface area contributed by atoms with Crippen LogP contribution in [0, 0.1) is 0 Å². The Labute approximate surface area is 125 Å². The molecule has 1 heterocycles. The molecule has 5 nitrogen and oxygen atoms in total. The minimum absolute atomic E-state index is 0.166. The van der Waals surface area contributed by atoms with Gasteiger partial charge >= 0.3 is 0 Å². The van der Waals surface area contributed by atoms with Gasteiger partial charge in [0.1, 0.15) is 12.0 Å². The third-order valence-electron chi connectivity index (χ3n) is 2.37. The molecule has 1 amide bonds. The molecule has 1 N–H and O–H groups in total. The number of hydrogen-bond donors (Lipinski definition) is 1. The minimum atomic E-state index is -0.441. The van der Waals surface area contributed by atoms with E-state index < -0.39 is 5.91 Å². The van der Waals surface area contributed by atoms with Gasteiger partial charge in [0.2, 0.25) is 5.88 Å². The summed E-state index contributed by atoms with van der Waals surface area (Å²) >= 11 is 12.0. The van der Waals surface area contributed by atoms with Crippen molar-refractivity contribution < 1.29 is 9.53 Å². The highest BCUT2D eigenvalue weighted by atomic mass is 35.5. The molecule has 0 radical (unpaired) electrons. The minimum Gasteiger partial charge on any atom is -0.478 e. The number of rotatable bonds is 4. The quantitative estimate of drug-likeness (QED) is 0.939. The van der Waals surface area contributed by atoms with Crippen LogP contribution < -0.4 is 10.1 Å². The summed E-state index contributed by atoms with van der Waals surface area (Å²) in [5.41, 5.74) is 0.511. The normalized spacial score (nSPS) is 10.2. The van der Waals surface area contributed by atoms with Gasteiger partial charge in [0.15, 0.2) is 0 Å². The predicted octanol–water partition coefficient (Wildman–Crippen LogP) is 3.43. The van der Waals surface area contributed by atoms with Crippen molar-refractivity contribution in [2.45, 2.75) is 6.92 Å². The predicted molar refractivity (Wildman–Crippen MR) is 77.6 cm³/mol. The number of nitrogens with one attached hydrogen (secondary N) is 1. The van der Waals surface area contributed by atoms with Crippen molar-refractivity contribution in [2.24, 2.45) is 0 Å². The lowest BCUT2D eigenvalue weighted by atomic mass is 10.3. The molecule has 20 heavy (non-hydrogen) atoms. The van der Waals surface area contributed by atoms with Crippen molar-refractivity contribution in [2.75, 3.05) is 11.9 Å². The fourth-order valence-electron chi connectivity index (χ4n) is 1.49. The Morgan fingerprint density at radius 1 is 1.30 bits per heavy atom. The Morgan fingerprint density at radius 2 is 2.00 bits per heavy atom. The summed E-state index contributed by atoms with van der Waals surface area (Å²) in [5, 5.41) is 3.32. The van der Waals surface area contributed by atoms with Crippen molar-refractivity contribution in [3.63, 3.8) is 0 Å². The van der Waals surface area contributed by atoms with Crippen LogP contribution >= 0.6 is 23.2 Å².